The largest absolute Gasteiger partial charge is 0.490 e. The van der Waals surface area contributed by atoms with Gasteiger partial charge >= 0.3 is 5.97 Å². The molecule has 0 spiro atoms. The molecule has 0 bridgehead atoms. The van der Waals surface area contributed by atoms with E-state index in [2.05, 4.69) is 0 Å². The van der Waals surface area contributed by atoms with E-state index in [1.807, 2.05) is 73.6 Å². The number of ether oxygens (including phenoxy) is 3. The number of hydrogen-bond donors (Lipinski definition) is 0. The summed E-state index contributed by atoms with van der Waals surface area (Å²) in [7, 11) is 3.89. The van der Waals surface area contributed by atoms with Crippen LogP contribution in [0.1, 0.15) is 43.5 Å². The molecular weight excluding hydrogens is 608 g/mol. The number of nitro benzene ring substituents is 1. The highest BCUT2D eigenvalue weighted by Crippen LogP contribution is 2.43. The van der Waals surface area contributed by atoms with E-state index in [1.54, 1.807) is 26.8 Å². The Labute approximate surface area is 269 Å². The van der Waals surface area contributed by atoms with E-state index in [9.17, 15) is 19.7 Å². The van der Waals surface area contributed by atoms with Crippen LogP contribution in [0, 0.1) is 10.1 Å². The number of anilines is 1. The second-order valence-electron chi connectivity index (χ2n) is 10.6. The Morgan fingerprint density at radius 2 is 1.74 bits per heavy atom. The fourth-order valence-electron chi connectivity index (χ4n) is 5.12. The Balaban J connectivity index is 1.68. The number of fused-ring (bicyclic) bond motifs is 1. The molecule has 1 aromatic heterocycles. The molecule has 12 heteroatoms. The van der Waals surface area contributed by atoms with Crippen LogP contribution >= 0.6 is 11.3 Å². The number of esters is 1. The fraction of sp³-hybridized carbons (Fsp3) is 0.265. The maximum absolute atomic E-state index is 13.7. The molecule has 46 heavy (non-hydrogen) atoms. The van der Waals surface area contributed by atoms with Gasteiger partial charge in [0, 0.05) is 25.5 Å². The van der Waals surface area contributed by atoms with Crippen molar-refractivity contribution in [3.63, 3.8) is 0 Å². The Hall–Kier alpha value is -5.23. The van der Waals surface area contributed by atoms with Crippen LogP contribution in [0.5, 0.6) is 11.5 Å². The zero-order valence-corrected chi connectivity index (χ0v) is 27.0. The molecule has 11 nitrogen and oxygen atoms in total. The predicted molar refractivity (Wildman–Crippen MR) is 177 cm³/mol. The van der Waals surface area contributed by atoms with Crippen LogP contribution < -0.4 is 29.3 Å². The van der Waals surface area contributed by atoms with Crippen LogP contribution in [0.3, 0.4) is 0 Å². The summed E-state index contributed by atoms with van der Waals surface area (Å²) in [4.78, 5) is 46.1. The molecule has 0 unspecified atom stereocenters. The molecule has 0 radical (unpaired) electrons. The average Bonchev–Trinajstić information content (AvgIpc) is 3.35. The molecule has 0 saturated carbocycles. The molecule has 0 fully saturated rings. The highest BCUT2D eigenvalue weighted by atomic mass is 32.1. The lowest BCUT2D eigenvalue weighted by molar-refractivity contribution is -0.385. The summed E-state index contributed by atoms with van der Waals surface area (Å²) < 4.78 is 19.0. The van der Waals surface area contributed by atoms with Gasteiger partial charge in [0.1, 0.15) is 12.6 Å². The van der Waals surface area contributed by atoms with Gasteiger partial charge in [-0.2, -0.15) is 0 Å². The van der Waals surface area contributed by atoms with Crippen molar-refractivity contribution in [2.45, 2.75) is 33.4 Å². The third kappa shape index (κ3) is 6.57. The summed E-state index contributed by atoms with van der Waals surface area (Å²) in [5.41, 5.74) is 2.46. The molecule has 2 heterocycles. The van der Waals surface area contributed by atoms with Crippen molar-refractivity contribution >= 4 is 40.5 Å². The second kappa shape index (κ2) is 13.8. The zero-order valence-electron chi connectivity index (χ0n) is 26.2. The number of carbonyl (C=O) groups excluding carboxylic acids is 1. The van der Waals surface area contributed by atoms with Gasteiger partial charge < -0.3 is 19.1 Å². The van der Waals surface area contributed by atoms with E-state index in [-0.39, 0.29) is 59.4 Å². The Morgan fingerprint density at radius 3 is 2.37 bits per heavy atom. The van der Waals surface area contributed by atoms with Crippen LogP contribution in [0.2, 0.25) is 0 Å². The Kier molecular flexibility index (Phi) is 9.67. The first-order valence-corrected chi connectivity index (χ1v) is 15.5. The van der Waals surface area contributed by atoms with Gasteiger partial charge in [-0.3, -0.25) is 19.5 Å². The van der Waals surface area contributed by atoms with Crippen LogP contribution in [0.25, 0.3) is 11.8 Å². The minimum absolute atomic E-state index is 0.0274. The summed E-state index contributed by atoms with van der Waals surface area (Å²) in [5, 5.41) is 12.5. The number of hydrogen-bond acceptors (Lipinski definition) is 10. The minimum Gasteiger partial charge on any atom is -0.490 e. The van der Waals surface area contributed by atoms with Crippen molar-refractivity contribution in [2.24, 2.45) is 4.99 Å². The van der Waals surface area contributed by atoms with E-state index < -0.39 is 16.9 Å². The quantitative estimate of drug-likeness (QED) is 0.129. The first kappa shape index (κ1) is 32.2. The lowest BCUT2D eigenvalue weighted by Crippen LogP contribution is -2.35. The van der Waals surface area contributed by atoms with Crippen molar-refractivity contribution in [3.05, 3.63) is 119 Å². The minimum atomic E-state index is -1.15. The average molecular weight is 643 g/mol. The number of benzene rings is 3. The molecule has 1 aliphatic rings. The molecule has 3 aromatic carbocycles. The molecule has 5 rings (SSSR count). The molecule has 4 aromatic rings. The van der Waals surface area contributed by atoms with Gasteiger partial charge in [0.05, 0.1) is 39.9 Å². The van der Waals surface area contributed by atoms with Crippen molar-refractivity contribution in [1.82, 2.24) is 4.57 Å². The molecular formula is C34H34N4O7S. The predicted octanol–water partition coefficient (Wildman–Crippen LogP) is 4.86. The SMILES string of the molecule is CCOC(=O)C1=C(C)n2c(s/c(=C\c3ccc(N(C)C)cc3)c2=O)=N[C@H]1c1cc(OCC)c(OCc2ccccc2)cc1[N+](=O)[O-]. The van der Waals surface area contributed by atoms with Crippen molar-refractivity contribution in [3.8, 4) is 11.5 Å². The van der Waals surface area contributed by atoms with E-state index in [1.165, 1.54) is 16.7 Å². The van der Waals surface area contributed by atoms with Gasteiger partial charge in [-0.15, -0.1) is 0 Å². The van der Waals surface area contributed by atoms with Gasteiger partial charge in [0.25, 0.3) is 11.2 Å². The smallest absolute Gasteiger partial charge is 0.338 e. The molecule has 1 atom stereocenters. The summed E-state index contributed by atoms with van der Waals surface area (Å²) in [6.45, 7) is 5.56. The van der Waals surface area contributed by atoms with Gasteiger partial charge in [-0.25, -0.2) is 9.79 Å². The van der Waals surface area contributed by atoms with Crippen molar-refractivity contribution in [2.75, 3.05) is 32.2 Å². The standard InChI is InChI=1S/C34H34N4O7S/c1-6-43-27-18-25(26(38(41)42)19-28(27)45-20-23-11-9-8-10-12-23)31-30(33(40)44-7-2)21(3)37-32(39)29(46-34(37)35-31)17-22-13-15-24(16-14-22)36(4)5/h8-19,31H,6-7,20H2,1-5H3/b29-17-/t31-/m0/s1. The lowest BCUT2D eigenvalue weighted by Gasteiger charge is -2.23. The molecule has 0 aliphatic carbocycles. The number of thiazole rings is 1. The van der Waals surface area contributed by atoms with Crippen LogP contribution in [-0.4, -0.2) is 42.8 Å². The number of carbonyl (C=O) groups is 1. The summed E-state index contributed by atoms with van der Waals surface area (Å²) >= 11 is 1.14. The van der Waals surface area contributed by atoms with Crippen LogP contribution in [0.4, 0.5) is 11.4 Å². The second-order valence-corrected chi connectivity index (χ2v) is 11.6. The molecule has 1 aliphatic heterocycles. The summed E-state index contributed by atoms with van der Waals surface area (Å²) in [5.74, 6) is -0.279. The Bertz CT molecular complexity index is 1980. The van der Waals surface area contributed by atoms with E-state index >= 15 is 0 Å². The highest BCUT2D eigenvalue weighted by Gasteiger charge is 2.36. The third-order valence-electron chi connectivity index (χ3n) is 7.37. The lowest BCUT2D eigenvalue weighted by atomic mass is 9.94. The van der Waals surface area contributed by atoms with Crippen LogP contribution in [-0.2, 0) is 16.1 Å². The first-order chi connectivity index (χ1) is 22.1. The summed E-state index contributed by atoms with van der Waals surface area (Å²) in [6, 6.07) is 18.7. The zero-order chi connectivity index (χ0) is 33.0. The van der Waals surface area contributed by atoms with Crippen molar-refractivity contribution < 1.29 is 23.9 Å². The number of nitro groups is 1. The molecule has 238 valence electrons. The van der Waals surface area contributed by atoms with Gasteiger partial charge in [0.15, 0.2) is 16.3 Å². The maximum Gasteiger partial charge on any atom is 0.338 e. The third-order valence-corrected chi connectivity index (χ3v) is 8.35. The Morgan fingerprint density at radius 1 is 1.04 bits per heavy atom. The highest BCUT2D eigenvalue weighted by molar-refractivity contribution is 7.07. The van der Waals surface area contributed by atoms with E-state index in [4.69, 9.17) is 19.2 Å². The normalized spacial score (nSPS) is 14.4. The number of aromatic nitrogens is 1. The monoisotopic (exact) mass is 642 g/mol. The van der Waals surface area contributed by atoms with Gasteiger partial charge in [-0.1, -0.05) is 53.8 Å². The molecule has 0 saturated heterocycles. The van der Waals surface area contributed by atoms with Crippen LogP contribution in [0.15, 0.2) is 82.1 Å². The fourth-order valence-corrected chi connectivity index (χ4v) is 6.16. The number of rotatable bonds is 11. The van der Waals surface area contributed by atoms with Gasteiger partial charge in [0.2, 0.25) is 0 Å². The number of nitrogens with zero attached hydrogens (tertiary/aromatic N) is 4. The van der Waals surface area contributed by atoms with E-state index in [0.29, 0.717) is 9.33 Å². The maximum atomic E-state index is 13.7. The molecule has 0 amide bonds. The van der Waals surface area contributed by atoms with Gasteiger partial charge in [-0.05, 0) is 56.2 Å². The topological polar surface area (TPSA) is 126 Å². The molecule has 0 N–H and O–H groups in total. The first-order valence-electron chi connectivity index (χ1n) is 14.7. The van der Waals surface area contributed by atoms with Crippen molar-refractivity contribution in [1.29, 1.82) is 0 Å². The summed E-state index contributed by atoms with van der Waals surface area (Å²) in [6.07, 6.45) is 1.76. The van der Waals surface area contributed by atoms with E-state index in [0.717, 1.165) is 28.2 Å². The number of allylic oxidation sites excluding steroid dienone is 1.